The van der Waals surface area contributed by atoms with Gasteiger partial charge in [-0.25, -0.2) is 0 Å². The van der Waals surface area contributed by atoms with Crippen LogP contribution < -0.4 is 0 Å². The Morgan fingerprint density at radius 3 is 2.08 bits per heavy atom. The Morgan fingerprint density at radius 2 is 2.00 bits per heavy atom. The average Bonchev–Trinajstić information content (AvgIpc) is 2.01. The number of hydrogen-bond acceptors (Lipinski definition) is 3. The molecule has 0 aromatic rings. The number of carbonyl (C=O) groups is 1. The van der Waals surface area contributed by atoms with Gasteiger partial charge in [0.2, 0.25) is 0 Å². The van der Waals surface area contributed by atoms with E-state index in [0.29, 0.717) is 0 Å². The molecule has 0 aliphatic carbocycles. The van der Waals surface area contributed by atoms with Gasteiger partial charge in [0.25, 0.3) is 0 Å². The number of ketones is 1. The van der Waals surface area contributed by atoms with E-state index >= 15 is 0 Å². The number of rotatable bonds is 3. The maximum atomic E-state index is 11.1. The summed E-state index contributed by atoms with van der Waals surface area (Å²) in [6.07, 6.45) is -0.640. The Labute approximate surface area is 73.0 Å². The molecule has 0 aliphatic rings. The van der Waals surface area contributed by atoms with Gasteiger partial charge in [-0.15, -0.1) is 0 Å². The molecule has 3 heteroatoms. The highest BCUT2D eigenvalue weighted by Gasteiger charge is 2.38. The monoisotopic (exact) mass is 169 g/mol. The van der Waals surface area contributed by atoms with Crippen LogP contribution >= 0.6 is 0 Å². The van der Waals surface area contributed by atoms with Crippen LogP contribution in [0.1, 0.15) is 27.7 Å². The van der Waals surface area contributed by atoms with Crippen molar-refractivity contribution in [3.63, 3.8) is 0 Å². The quantitative estimate of drug-likeness (QED) is 0.688. The molecule has 12 heavy (non-hydrogen) atoms. The van der Waals surface area contributed by atoms with Crippen molar-refractivity contribution in [2.45, 2.75) is 33.8 Å². The molecule has 0 rings (SSSR count). The molecular formula is C9H15NO2. The third-order valence-electron chi connectivity index (χ3n) is 2.60. The van der Waals surface area contributed by atoms with Crippen LogP contribution in [0.25, 0.3) is 0 Å². The molecule has 0 spiro atoms. The molecule has 1 N–H and O–H groups in total. The molecule has 0 saturated heterocycles. The lowest BCUT2D eigenvalue weighted by Crippen LogP contribution is -2.37. The molecule has 0 fully saturated rings. The van der Waals surface area contributed by atoms with Gasteiger partial charge in [0.15, 0.2) is 0 Å². The normalized spacial score (nSPS) is 20.3. The number of hydrogen-bond donors (Lipinski definition) is 1. The summed E-state index contributed by atoms with van der Waals surface area (Å²) in [4.78, 5) is 11.1. The smallest absolute Gasteiger partial charge is 0.150 e. The van der Waals surface area contributed by atoms with Gasteiger partial charge < -0.3 is 5.11 Å². The fourth-order valence-electron chi connectivity index (χ4n) is 0.984. The minimum Gasteiger partial charge on any atom is -0.393 e. The molecule has 0 aliphatic heterocycles. The molecule has 0 radical (unpaired) electrons. The van der Waals surface area contributed by atoms with Crippen LogP contribution in [0.3, 0.4) is 0 Å². The fraction of sp³-hybridized carbons (Fsp3) is 0.778. The van der Waals surface area contributed by atoms with Gasteiger partial charge in [-0.2, -0.15) is 5.26 Å². The van der Waals surface area contributed by atoms with Crippen LogP contribution in [0.5, 0.6) is 0 Å². The number of aliphatic hydroxyl groups is 1. The zero-order chi connectivity index (χ0) is 9.94. The third kappa shape index (κ3) is 1.83. The van der Waals surface area contributed by atoms with Crippen molar-refractivity contribution in [1.82, 2.24) is 0 Å². The molecule has 68 valence electrons. The molecule has 0 aromatic carbocycles. The van der Waals surface area contributed by atoms with E-state index in [0.717, 1.165) is 0 Å². The van der Waals surface area contributed by atoms with E-state index in [-0.39, 0.29) is 11.7 Å². The minimum absolute atomic E-state index is 0.196. The van der Waals surface area contributed by atoms with Gasteiger partial charge in [0.1, 0.15) is 11.2 Å². The first kappa shape index (κ1) is 11.1. The lowest BCUT2D eigenvalue weighted by atomic mass is 9.74. The Morgan fingerprint density at radius 1 is 1.58 bits per heavy atom. The molecule has 0 heterocycles. The number of aliphatic hydroxyl groups excluding tert-OH is 1. The van der Waals surface area contributed by atoms with Crippen molar-refractivity contribution in [2.75, 3.05) is 0 Å². The summed E-state index contributed by atoms with van der Waals surface area (Å²) >= 11 is 0. The SMILES string of the molecule is CC(=O)C(C)(C#N)C(C)C(C)O. The van der Waals surface area contributed by atoms with E-state index in [1.54, 1.807) is 20.8 Å². The molecule has 0 saturated carbocycles. The summed E-state index contributed by atoms with van der Waals surface area (Å²) in [6, 6.07) is 1.95. The maximum Gasteiger partial charge on any atom is 0.150 e. The molecule has 3 atom stereocenters. The lowest BCUT2D eigenvalue weighted by Gasteiger charge is -2.27. The molecule has 0 bridgehead atoms. The number of nitrogens with zero attached hydrogens (tertiary/aromatic N) is 1. The highest BCUT2D eigenvalue weighted by molar-refractivity contribution is 5.85. The number of Topliss-reactive ketones (excluding diaryl/α,β-unsaturated/α-hetero) is 1. The van der Waals surface area contributed by atoms with E-state index in [4.69, 9.17) is 5.26 Å². The van der Waals surface area contributed by atoms with Crippen molar-refractivity contribution in [2.24, 2.45) is 11.3 Å². The van der Waals surface area contributed by atoms with Gasteiger partial charge in [-0.1, -0.05) is 6.92 Å². The van der Waals surface area contributed by atoms with Crippen molar-refractivity contribution >= 4 is 5.78 Å². The Kier molecular flexibility index (Phi) is 3.41. The third-order valence-corrected chi connectivity index (χ3v) is 2.60. The van der Waals surface area contributed by atoms with E-state index in [1.807, 2.05) is 6.07 Å². The predicted octanol–water partition coefficient (Wildman–Crippen LogP) is 1.12. The molecule has 3 unspecified atom stereocenters. The van der Waals surface area contributed by atoms with E-state index < -0.39 is 11.5 Å². The summed E-state index contributed by atoms with van der Waals surface area (Å²) in [7, 11) is 0. The Hall–Kier alpha value is -0.880. The van der Waals surface area contributed by atoms with E-state index in [1.165, 1.54) is 6.92 Å². The van der Waals surface area contributed by atoms with Gasteiger partial charge in [0, 0.05) is 5.92 Å². The summed E-state index contributed by atoms with van der Waals surface area (Å²) < 4.78 is 0. The van der Waals surface area contributed by atoms with Crippen LogP contribution in [0.4, 0.5) is 0 Å². The molecule has 0 aromatic heterocycles. The summed E-state index contributed by atoms with van der Waals surface area (Å²) in [5, 5.41) is 18.0. The summed E-state index contributed by atoms with van der Waals surface area (Å²) in [6.45, 7) is 6.23. The first-order valence-electron chi connectivity index (χ1n) is 3.96. The Bertz CT molecular complexity index is 217. The van der Waals surface area contributed by atoms with Crippen LogP contribution in [0, 0.1) is 22.7 Å². The van der Waals surface area contributed by atoms with E-state index in [2.05, 4.69) is 0 Å². The highest BCUT2D eigenvalue weighted by atomic mass is 16.3. The predicted molar refractivity (Wildman–Crippen MR) is 45.2 cm³/mol. The molecular weight excluding hydrogens is 154 g/mol. The zero-order valence-corrected chi connectivity index (χ0v) is 7.96. The second-order valence-corrected chi connectivity index (χ2v) is 3.40. The van der Waals surface area contributed by atoms with Crippen LogP contribution in [0.15, 0.2) is 0 Å². The summed E-state index contributed by atoms with van der Waals surface area (Å²) in [5.74, 6) is -0.529. The lowest BCUT2D eigenvalue weighted by molar-refractivity contribution is -0.126. The van der Waals surface area contributed by atoms with Gasteiger partial charge in [-0.3, -0.25) is 4.79 Å². The second kappa shape index (κ2) is 3.68. The van der Waals surface area contributed by atoms with Crippen molar-refractivity contribution in [1.29, 1.82) is 5.26 Å². The molecule has 0 amide bonds. The van der Waals surface area contributed by atoms with Gasteiger partial charge in [-0.05, 0) is 20.8 Å². The van der Waals surface area contributed by atoms with Crippen LogP contribution in [0.2, 0.25) is 0 Å². The Balaban J connectivity index is 4.79. The van der Waals surface area contributed by atoms with Crippen molar-refractivity contribution < 1.29 is 9.90 Å². The fourth-order valence-corrected chi connectivity index (χ4v) is 0.984. The standard InChI is InChI=1S/C9H15NO2/c1-6(7(2)11)9(4,5-10)8(3)12/h6-7,11H,1-4H3. The highest BCUT2D eigenvalue weighted by Crippen LogP contribution is 2.29. The number of nitriles is 1. The number of carbonyl (C=O) groups excluding carboxylic acids is 1. The van der Waals surface area contributed by atoms with Gasteiger partial charge >= 0.3 is 0 Å². The zero-order valence-electron chi connectivity index (χ0n) is 7.96. The van der Waals surface area contributed by atoms with Crippen molar-refractivity contribution in [3.05, 3.63) is 0 Å². The minimum atomic E-state index is -1.06. The van der Waals surface area contributed by atoms with E-state index in [9.17, 15) is 9.90 Å². The first-order chi connectivity index (χ1) is 5.36. The molecule has 3 nitrogen and oxygen atoms in total. The maximum absolute atomic E-state index is 11.1. The average molecular weight is 169 g/mol. The first-order valence-corrected chi connectivity index (χ1v) is 3.96. The van der Waals surface area contributed by atoms with Crippen LogP contribution in [-0.4, -0.2) is 17.0 Å². The second-order valence-electron chi connectivity index (χ2n) is 3.40. The van der Waals surface area contributed by atoms with Crippen LogP contribution in [-0.2, 0) is 4.79 Å². The van der Waals surface area contributed by atoms with Gasteiger partial charge in [0.05, 0.1) is 12.2 Å². The summed E-state index contributed by atoms with van der Waals surface area (Å²) in [5.41, 5.74) is -1.06. The van der Waals surface area contributed by atoms with Crippen molar-refractivity contribution in [3.8, 4) is 6.07 Å². The largest absolute Gasteiger partial charge is 0.393 e. The topological polar surface area (TPSA) is 61.1 Å².